The predicted molar refractivity (Wildman–Crippen MR) is 118 cm³/mol. The van der Waals surface area contributed by atoms with E-state index in [0.29, 0.717) is 12.5 Å². The molecule has 0 saturated carbocycles. The number of nitrogens with one attached hydrogen (secondary N) is 1. The summed E-state index contributed by atoms with van der Waals surface area (Å²) in [5.41, 5.74) is 1.02. The molecule has 2 heterocycles. The van der Waals surface area contributed by atoms with Gasteiger partial charge in [0.15, 0.2) is 0 Å². The number of ether oxygens (including phenoxy) is 1. The Morgan fingerprint density at radius 3 is 2.53 bits per heavy atom. The van der Waals surface area contributed by atoms with Gasteiger partial charge in [0.25, 0.3) is 0 Å². The molecule has 2 saturated heterocycles. The van der Waals surface area contributed by atoms with E-state index in [9.17, 15) is 9.18 Å². The molecule has 0 aromatic heterocycles. The van der Waals surface area contributed by atoms with Gasteiger partial charge < -0.3 is 10.1 Å². The summed E-state index contributed by atoms with van der Waals surface area (Å²) < 4.78 is 18.8. The zero-order chi connectivity index (χ0) is 21.6. The Bertz CT molecular complexity index is 668. The first-order valence-electron chi connectivity index (χ1n) is 11.4. The maximum Gasteiger partial charge on any atom is 0.234 e. The van der Waals surface area contributed by atoms with E-state index in [1.807, 2.05) is 0 Å². The number of carbonyl (C=O) groups is 1. The number of likely N-dealkylation sites (tertiary alicyclic amines) is 1. The maximum atomic E-state index is 13.4. The van der Waals surface area contributed by atoms with Gasteiger partial charge in [-0.05, 0) is 54.8 Å². The molecule has 0 spiro atoms. The van der Waals surface area contributed by atoms with Gasteiger partial charge in [-0.3, -0.25) is 14.6 Å². The first-order valence-corrected chi connectivity index (χ1v) is 11.4. The molecule has 0 radical (unpaired) electrons. The lowest BCUT2D eigenvalue weighted by Crippen LogP contribution is -2.47. The monoisotopic (exact) mass is 419 g/mol. The molecule has 3 rings (SSSR count). The van der Waals surface area contributed by atoms with Gasteiger partial charge in [0.1, 0.15) is 5.82 Å². The van der Waals surface area contributed by atoms with Crippen molar-refractivity contribution < 1.29 is 13.9 Å². The number of rotatable bonds is 7. The molecular formula is C24H38FN3O2. The van der Waals surface area contributed by atoms with E-state index in [1.165, 1.54) is 18.6 Å². The number of benzene rings is 1. The molecule has 5 nitrogen and oxygen atoms in total. The quantitative estimate of drug-likeness (QED) is 0.735. The summed E-state index contributed by atoms with van der Waals surface area (Å²) in [6, 6.07) is 6.40. The molecule has 2 aliphatic rings. The molecule has 168 valence electrons. The first kappa shape index (κ1) is 23.2. The van der Waals surface area contributed by atoms with Crippen LogP contribution in [0.5, 0.6) is 0 Å². The summed E-state index contributed by atoms with van der Waals surface area (Å²) in [6.07, 6.45) is 3.19. The number of piperidine rings is 1. The van der Waals surface area contributed by atoms with E-state index < -0.39 is 0 Å². The zero-order valence-electron chi connectivity index (χ0n) is 18.8. The molecule has 2 fully saturated rings. The minimum Gasteiger partial charge on any atom is -0.379 e. The molecule has 6 heteroatoms. The summed E-state index contributed by atoms with van der Waals surface area (Å²) in [5, 5.41) is 3.22. The van der Waals surface area contributed by atoms with E-state index >= 15 is 0 Å². The topological polar surface area (TPSA) is 44.8 Å². The zero-order valence-corrected chi connectivity index (χ0v) is 18.8. The van der Waals surface area contributed by atoms with Crippen LogP contribution in [0.3, 0.4) is 0 Å². The number of carbonyl (C=O) groups excluding carboxylic acids is 1. The Hall–Kier alpha value is -1.50. The van der Waals surface area contributed by atoms with Gasteiger partial charge in [-0.1, -0.05) is 32.9 Å². The second-order valence-corrected chi connectivity index (χ2v) is 10.1. The van der Waals surface area contributed by atoms with Gasteiger partial charge >= 0.3 is 0 Å². The third-order valence-electron chi connectivity index (χ3n) is 6.01. The summed E-state index contributed by atoms with van der Waals surface area (Å²) in [7, 11) is 0. The fourth-order valence-corrected chi connectivity index (χ4v) is 4.60. The van der Waals surface area contributed by atoms with Crippen molar-refractivity contribution in [3.05, 3.63) is 35.6 Å². The SMILES string of the molecule is CC(C)(C)CC(NC(=O)CN1CCCC(CN2CCOCC2)C1)c1ccc(F)cc1. The Labute approximate surface area is 180 Å². The van der Waals surface area contributed by atoms with Crippen LogP contribution in [0.4, 0.5) is 4.39 Å². The van der Waals surface area contributed by atoms with E-state index in [2.05, 4.69) is 35.9 Å². The second kappa shape index (κ2) is 10.7. The Kier molecular flexibility index (Phi) is 8.26. The van der Waals surface area contributed by atoms with Gasteiger partial charge in [0.05, 0.1) is 25.8 Å². The summed E-state index contributed by atoms with van der Waals surface area (Å²) in [5.74, 6) is 0.423. The largest absolute Gasteiger partial charge is 0.379 e. The van der Waals surface area contributed by atoms with Gasteiger partial charge in [-0.15, -0.1) is 0 Å². The molecule has 30 heavy (non-hydrogen) atoms. The highest BCUT2D eigenvalue weighted by molar-refractivity contribution is 5.78. The maximum absolute atomic E-state index is 13.4. The van der Waals surface area contributed by atoms with Crippen LogP contribution < -0.4 is 5.32 Å². The standard InChI is InChI=1S/C24H38FN3O2/c1-24(2,3)15-22(20-6-8-21(25)9-7-20)26-23(29)18-28-10-4-5-19(17-28)16-27-11-13-30-14-12-27/h6-9,19,22H,4-5,10-18H2,1-3H3,(H,26,29). The Morgan fingerprint density at radius 2 is 1.87 bits per heavy atom. The minimum absolute atomic E-state index is 0.0561. The lowest BCUT2D eigenvalue weighted by atomic mass is 9.85. The van der Waals surface area contributed by atoms with Crippen molar-refractivity contribution in [3.8, 4) is 0 Å². The number of morpholine rings is 1. The van der Waals surface area contributed by atoms with Crippen molar-refractivity contribution in [2.24, 2.45) is 11.3 Å². The molecule has 2 atom stereocenters. The fraction of sp³-hybridized carbons (Fsp3) is 0.708. The number of hydrogen-bond acceptors (Lipinski definition) is 4. The number of hydrogen-bond donors (Lipinski definition) is 1. The molecule has 0 bridgehead atoms. The van der Waals surface area contributed by atoms with E-state index in [-0.39, 0.29) is 23.2 Å². The highest BCUT2D eigenvalue weighted by atomic mass is 19.1. The van der Waals surface area contributed by atoms with Crippen LogP contribution >= 0.6 is 0 Å². The van der Waals surface area contributed by atoms with Gasteiger partial charge in [-0.2, -0.15) is 0 Å². The van der Waals surface area contributed by atoms with E-state index in [0.717, 1.165) is 64.3 Å². The molecule has 1 amide bonds. The molecular weight excluding hydrogens is 381 g/mol. The minimum atomic E-state index is -0.251. The van der Waals surface area contributed by atoms with Crippen molar-refractivity contribution in [1.82, 2.24) is 15.1 Å². The molecule has 1 aromatic rings. The van der Waals surface area contributed by atoms with Crippen LogP contribution in [0.1, 0.15) is 51.6 Å². The van der Waals surface area contributed by atoms with Crippen LogP contribution in [0, 0.1) is 17.2 Å². The van der Waals surface area contributed by atoms with Crippen LogP contribution in [-0.2, 0) is 9.53 Å². The smallest absolute Gasteiger partial charge is 0.234 e. The normalized spacial score (nSPS) is 22.6. The van der Waals surface area contributed by atoms with Crippen LogP contribution in [0.2, 0.25) is 0 Å². The molecule has 2 unspecified atom stereocenters. The lowest BCUT2D eigenvalue weighted by molar-refractivity contribution is -0.123. The van der Waals surface area contributed by atoms with E-state index in [1.54, 1.807) is 12.1 Å². The van der Waals surface area contributed by atoms with Crippen molar-refractivity contribution in [1.29, 1.82) is 0 Å². The highest BCUT2D eigenvalue weighted by Gasteiger charge is 2.26. The lowest BCUT2D eigenvalue weighted by Gasteiger charge is -2.36. The van der Waals surface area contributed by atoms with Gasteiger partial charge in [0, 0.05) is 26.2 Å². The van der Waals surface area contributed by atoms with Crippen molar-refractivity contribution in [3.63, 3.8) is 0 Å². The summed E-state index contributed by atoms with van der Waals surface area (Å²) in [6.45, 7) is 13.7. The molecule has 0 aliphatic carbocycles. The van der Waals surface area contributed by atoms with Crippen molar-refractivity contribution in [2.75, 3.05) is 52.5 Å². The molecule has 1 N–H and O–H groups in total. The average molecular weight is 420 g/mol. The number of halogens is 1. The van der Waals surface area contributed by atoms with Crippen molar-refractivity contribution >= 4 is 5.91 Å². The van der Waals surface area contributed by atoms with Crippen molar-refractivity contribution in [2.45, 2.75) is 46.1 Å². The Morgan fingerprint density at radius 1 is 1.17 bits per heavy atom. The highest BCUT2D eigenvalue weighted by Crippen LogP contribution is 2.29. The number of amides is 1. The van der Waals surface area contributed by atoms with E-state index in [4.69, 9.17) is 4.74 Å². The first-order chi connectivity index (χ1) is 14.3. The molecule has 2 aliphatic heterocycles. The van der Waals surface area contributed by atoms with Gasteiger partial charge in [-0.25, -0.2) is 4.39 Å². The predicted octanol–water partition coefficient (Wildman–Crippen LogP) is 3.46. The second-order valence-electron chi connectivity index (χ2n) is 10.1. The summed E-state index contributed by atoms with van der Waals surface area (Å²) >= 11 is 0. The van der Waals surface area contributed by atoms with Gasteiger partial charge in [0.2, 0.25) is 5.91 Å². The third-order valence-corrected chi connectivity index (χ3v) is 6.01. The number of nitrogens with zero attached hydrogens (tertiary/aromatic N) is 2. The summed E-state index contributed by atoms with van der Waals surface area (Å²) in [4.78, 5) is 17.7. The molecule has 1 aromatic carbocycles. The average Bonchev–Trinajstić information content (AvgIpc) is 2.68. The Balaban J connectivity index is 1.54. The van der Waals surface area contributed by atoms with Crippen LogP contribution in [0.25, 0.3) is 0 Å². The van der Waals surface area contributed by atoms with Crippen LogP contribution in [0.15, 0.2) is 24.3 Å². The third kappa shape index (κ3) is 7.64. The van der Waals surface area contributed by atoms with Crippen LogP contribution in [-0.4, -0.2) is 68.2 Å². The fourth-order valence-electron chi connectivity index (χ4n) is 4.60.